The zero-order chi connectivity index (χ0) is 17.8. The number of piperidine rings is 1. The molecule has 0 radical (unpaired) electrons. The topological polar surface area (TPSA) is 41.7 Å². The van der Waals surface area contributed by atoms with Gasteiger partial charge in [-0.1, -0.05) is 18.6 Å². The number of hydrogen-bond donors (Lipinski definition) is 1. The first kappa shape index (κ1) is 18.3. The molecule has 1 aromatic carbocycles. The highest BCUT2D eigenvalue weighted by molar-refractivity contribution is 7.97. The summed E-state index contributed by atoms with van der Waals surface area (Å²) in [7, 11) is 0. The molecule has 4 nitrogen and oxygen atoms in total. The van der Waals surface area contributed by atoms with Crippen molar-refractivity contribution in [2.24, 2.45) is 5.73 Å². The van der Waals surface area contributed by atoms with E-state index in [9.17, 15) is 0 Å². The van der Waals surface area contributed by atoms with E-state index >= 15 is 0 Å². The van der Waals surface area contributed by atoms with E-state index in [0.717, 1.165) is 31.9 Å². The van der Waals surface area contributed by atoms with Crippen LogP contribution in [-0.2, 0) is 6.54 Å². The van der Waals surface area contributed by atoms with E-state index in [1.807, 2.05) is 0 Å². The molecule has 140 valence electrons. The zero-order valence-corrected chi connectivity index (χ0v) is 16.7. The van der Waals surface area contributed by atoms with Crippen LogP contribution in [0.3, 0.4) is 0 Å². The van der Waals surface area contributed by atoms with Gasteiger partial charge in [0.15, 0.2) is 0 Å². The number of likely N-dealkylation sites (tertiary alicyclic amines) is 1. The standard InChI is InChI=1S/C20H27N3OS2/c21-20-18-14-25-15-19(18)26-23(20)11-4-12-24-17-7-5-16(6-8-17)13-22-9-2-1-3-10-22/h5-8,14-15,20H,1-4,9-13,21H2. The molecule has 2 aliphatic heterocycles. The fraction of sp³-hybridized carbons (Fsp3) is 0.500. The van der Waals surface area contributed by atoms with E-state index in [4.69, 9.17) is 10.5 Å². The van der Waals surface area contributed by atoms with E-state index < -0.39 is 0 Å². The van der Waals surface area contributed by atoms with E-state index in [2.05, 4.69) is 44.2 Å². The number of nitrogens with zero attached hydrogens (tertiary/aromatic N) is 2. The second-order valence-corrected chi connectivity index (χ2v) is 8.89. The molecule has 1 unspecified atom stereocenters. The molecule has 0 bridgehead atoms. The smallest absolute Gasteiger partial charge is 0.119 e. The molecule has 3 heterocycles. The van der Waals surface area contributed by atoms with Gasteiger partial charge in [0.25, 0.3) is 0 Å². The predicted molar refractivity (Wildman–Crippen MR) is 109 cm³/mol. The number of thiophene rings is 1. The number of benzene rings is 1. The molecule has 2 aromatic rings. The van der Waals surface area contributed by atoms with Crippen molar-refractivity contribution >= 4 is 23.3 Å². The summed E-state index contributed by atoms with van der Waals surface area (Å²) in [5.74, 6) is 0.962. The van der Waals surface area contributed by atoms with Crippen molar-refractivity contribution in [3.8, 4) is 5.75 Å². The normalized spacial score (nSPS) is 21.0. The largest absolute Gasteiger partial charge is 0.494 e. The Labute approximate surface area is 164 Å². The van der Waals surface area contributed by atoms with Gasteiger partial charge in [-0.15, -0.1) is 0 Å². The van der Waals surface area contributed by atoms with Crippen LogP contribution < -0.4 is 10.5 Å². The van der Waals surface area contributed by atoms with Gasteiger partial charge >= 0.3 is 0 Å². The second-order valence-electron chi connectivity index (χ2n) is 7.05. The first-order valence-corrected chi connectivity index (χ1v) is 11.2. The minimum Gasteiger partial charge on any atom is -0.494 e. The van der Waals surface area contributed by atoms with Crippen molar-refractivity contribution in [1.82, 2.24) is 9.21 Å². The van der Waals surface area contributed by atoms with E-state index in [0.29, 0.717) is 0 Å². The summed E-state index contributed by atoms with van der Waals surface area (Å²) in [4.78, 5) is 3.86. The summed E-state index contributed by atoms with van der Waals surface area (Å²) in [6.07, 6.45) is 5.07. The highest BCUT2D eigenvalue weighted by atomic mass is 32.2. The lowest BCUT2D eigenvalue weighted by molar-refractivity contribution is 0.221. The van der Waals surface area contributed by atoms with Crippen LogP contribution in [0.2, 0.25) is 0 Å². The molecular formula is C20H27N3OS2. The van der Waals surface area contributed by atoms with Gasteiger partial charge in [0.2, 0.25) is 0 Å². The average Bonchev–Trinajstić information content (AvgIpc) is 3.24. The highest BCUT2D eigenvalue weighted by Gasteiger charge is 2.28. The van der Waals surface area contributed by atoms with Crippen molar-refractivity contribution in [2.45, 2.75) is 43.3 Å². The third-order valence-electron chi connectivity index (χ3n) is 5.07. The molecule has 1 atom stereocenters. The fourth-order valence-electron chi connectivity index (χ4n) is 3.59. The molecule has 0 amide bonds. The Morgan fingerprint density at radius 1 is 1.08 bits per heavy atom. The maximum Gasteiger partial charge on any atom is 0.119 e. The molecule has 1 aromatic heterocycles. The van der Waals surface area contributed by atoms with Crippen molar-refractivity contribution < 1.29 is 4.74 Å². The average molecular weight is 390 g/mol. The lowest BCUT2D eigenvalue weighted by atomic mass is 10.1. The van der Waals surface area contributed by atoms with E-state index in [1.54, 1.807) is 23.3 Å². The summed E-state index contributed by atoms with van der Waals surface area (Å²) in [6, 6.07) is 8.61. The van der Waals surface area contributed by atoms with Gasteiger partial charge in [0.05, 0.1) is 12.8 Å². The van der Waals surface area contributed by atoms with Crippen molar-refractivity contribution in [1.29, 1.82) is 0 Å². The Balaban J connectivity index is 1.17. The third-order valence-corrected chi connectivity index (χ3v) is 7.17. The van der Waals surface area contributed by atoms with Crippen LogP contribution in [0.15, 0.2) is 39.9 Å². The van der Waals surface area contributed by atoms with Crippen LogP contribution in [0, 0.1) is 0 Å². The first-order chi connectivity index (χ1) is 12.8. The summed E-state index contributed by atoms with van der Waals surface area (Å²) in [6.45, 7) is 5.21. The Hall–Kier alpha value is -1.05. The molecule has 0 spiro atoms. The summed E-state index contributed by atoms with van der Waals surface area (Å²) < 4.78 is 8.17. The maximum absolute atomic E-state index is 6.29. The van der Waals surface area contributed by atoms with Gasteiger partial charge in [-0.3, -0.25) is 4.90 Å². The molecule has 1 fully saturated rings. The number of ether oxygens (including phenoxy) is 1. The van der Waals surface area contributed by atoms with Crippen LogP contribution in [0.25, 0.3) is 0 Å². The van der Waals surface area contributed by atoms with Crippen molar-refractivity contribution in [3.05, 3.63) is 46.2 Å². The lowest BCUT2D eigenvalue weighted by Crippen LogP contribution is -2.29. The number of rotatable bonds is 7. The van der Waals surface area contributed by atoms with E-state index in [1.165, 1.54) is 48.4 Å². The lowest BCUT2D eigenvalue weighted by Gasteiger charge is -2.26. The molecule has 0 aliphatic carbocycles. The molecule has 2 aliphatic rings. The molecule has 26 heavy (non-hydrogen) atoms. The minimum absolute atomic E-state index is 0.0234. The van der Waals surface area contributed by atoms with Crippen LogP contribution in [0.4, 0.5) is 0 Å². The highest BCUT2D eigenvalue weighted by Crippen LogP contribution is 2.43. The van der Waals surface area contributed by atoms with Crippen molar-refractivity contribution in [2.75, 3.05) is 26.2 Å². The van der Waals surface area contributed by atoms with Gasteiger partial charge in [0.1, 0.15) is 5.75 Å². The van der Waals surface area contributed by atoms with Crippen LogP contribution in [0.5, 0.6) is 5.75 Å². The quantitative estimate of drug-likeness (QED) is 0.558. The number of nitrogens with two attached hydrogens (primary N) is 1. The number of fused-ring (bicyclic) bond motifs is 1. The maximum atomic E-state index is 6.29. The van der Waals surface area contributed by atoms with Gasteiger partial charge in [-0.2, -0.15) is 11.3 Å². The molecule has 2 N–H and O–H groups in total. The van der Waals surface area contributed by atoms with E-state index in [-0.39, 0.29) is 6.17 Å². The molecule has 0 saturated carbocycles. The fourth-order valence-corrected chi connectivity index (χ4v) is 5.72. The first-order valence-electron chi connectivity index (χ1n) is 9.50. The zero-order valence-electron chi connectivity index (χ0n) is 15.1. The molecular weight excluding hydrogens is 362 g/mol. The number of hydrogen-bond acceptors (Lipinski definition) is 6. The van der Waals surface area contributed by atoms with Gasteiger partial charge in [-0.05, 0) is 67.4 Å². The monoisotopic (exact) mass is 389 g/mol. The Kier molecular flexibility index (Phi) is 6.17. The molecule has 6 heteroatoms. The van der Waals surface area contributed by atoms with Crippen LogP contribution in [-0.4, -0.2) is 35.4 Å². The Morgan fingerprint density at radius 3 is 2.65 bits per heavy atom. The predicted octanol–water partition coefficient (Wildman–Crippen LogP) is 4.48. The van der Waals surface area contributed by atoms with Crippen molar-refractivity contribution in [3.63, 3.8) is 0 Å². The minimum atomic E-state index is 0.0234. The summed E-state index contributed by atoms with van der Waals surface area (Å²) in [5, 5.41) is 4.34. The second kappa shape index (κ2) is 8.76. The van der Waals surface area contributed by atoms with Gasteiger partial charge in [0, 0.05) is 28.9 Å². The summed E-state index contributed by atoms with van der Waals surface area (Å²) in [5.41, 5.74) is 8.94. The van der Waals surface area contributed by atoms with Crippen LogP contribution in [0.1, 0.15) is 43.0 Å². The molecule has 4 rings (SSSR count). The molecule has 1 saturated heterocycles. The Morgan fingerprint density at radius 2 is 1.88 bits per heavy atom. The van der Waals surface area contributed by atoms with Gasteiger partial charge in [-0.25, -0.2) is 4.31 Å². The Bertz CT molecular complexity index is 697. The van der Waals surface area contributed by atoms with Gasteiger partial charge < -0.3 is 10.5 Å². The summed E-state index contributed by atoms with van der Waals surface area (Å²) >= 11 is 3.50. The van der Waals surface area contributed by atoms with Crippen LogP contribution >= 0.6 is 23.3 Å². The SMILES string of the molecule is NC1c2cscc2SN1CCCOc1ccc(CN2CCCCC2)cc1. The third kappa shape index (κ3) is 4.43.